The molecule has 0 spiro atoms. The highest BCUT2D eigenvalue weighted by atomic mass is 32.2. The zero-order valence-electron chi connectivity index (χ0n) is 16.8. The first-order valence-corrected chi connectivity index (χ1v) is 11.1. The maximum atomic E-state index is 12.8. The van der Waals surface area contributed by atoms with E-state index >= 15 is 0 Å². The largest absolute Gasteiger partial charge is 0.489 e. The number of hydrogen-bond donors (Lipinski definition) is 0. The number of benzene rings is 3. The van der Waals surface area contributed by atoms with Crippen LogP contribution in [0, 0.1) is 0 Å². The molecule has 1 atom stereocenters. The summed E-state index contributed by atoms with van der Waals surface area (Å²) in [7, 11) is 0. The van der Waals surface area contributed by atoms with Crippen LogP contribution in [-0.2, 0) is 22.7 Å². The molecular weight excluding hydrogens is 394 g/mol. The van der Waals surface area contributed by atoms with Gasteiger partial charge in [0.15, 0.2) is 0 Å². The van der Waals surface area contributed by atoms with Crippen molar-refractivity contribution in [3.05, 3.63) is 102 Å². The average Bonchev–Trinajstić information content (AvgIpc) is 3.29. The van der Waals surface area contributed by atoms with Crippen LogP contribution in [0.4, 0.5) is 0 Å². The van der Waals surface area contributed by atoms with Crippen LogP contribution < -0.4 is 4.74 Å². The standard InChI is InChI=1S/C25H25NO3S/c27-24(19-28-17-20-8-3-1-4-9-20)26-14-15-30-25(26)22-12-7-13-23(16-22)29-18-21-10-5-2-6-11-21/h1-13,16,25H,14-15,17-19H2/t25-/m0/s1. The number of rotatable bonds is 8. The Hall–Kier alpha value is -2.76. The van der Waals surface area contributed by atoms with Crippen molar-refractivity contribution < 1.29 is 14.3 Å². The van der Waals surface area contributed by atoms with E-state index in [1.165, 1.54) is 0 Å². The van der Waals surface area contributed by atoms with Crippen molar-refractivity contribution in [1.82, 2.24) is 4.90 Å². The van der Waals surface area contributed by atoms with E-state index in [1.807, 2.05) is 83.8 Å². The summed E-state index contributed by atoms with van der Waals surface area (Å²) in [4.78, 5) is 14.7. The second-order valence-electron chi connectivity index (χ2n) is 7.14. The lowest BCUT2D eigenvalue weighted by Gasteiger charge is -2.24. The van der Waals surface area contributed by atoms with E-state index in [9.17, 15) is 4.79 Å². The van der Waals surface area contributed by atoms with Crippen molar-refractivity contribution in [3.8, 4) is 5.75 Å². The molecule has 1 aliphatic heterocycles. The summed E-state index contributed by atoms with van der Waals surface area (Å²) < 4.78 is 11.6. The second-order valence-corrected chi connectivity index (χ2v) is 8.32. The smallest absolute Gasteiger partial charge is 0.249 e. The second kappa shape index (κ2) is 10.3. The lowest BCUT2D eigenvalue weighted by atomic mass is 10.2. The van der Waals surface area contributed by atoms with E-state index in [2.05, 4.69) is 6.07 Å². The van der Waals surface area contributed by atoms with E-state index < -0.39 is 0 Å². The van der Waals surface area contributed by atoms with E-state index in [0.717, 1.165) is 34.7 Å². The van der Waals surface area contributed by atoms with Crippen molar-refractivity contribution in [2.24, 2.45) is 0 Å². The van der Waals surface area contributed by atoms with Gasteiger partial charge in [-0.05, 0) is 28.8 Å². The van der Waals surface area contributed by atoms with E-state index in [-0.39, 0.29) is 17.9 Å². The Bertz CT molecular complexity index is 949. The lowest BCUT2D eigenvalue weighted by Crippen LogP contribution is -2.33. The number of carbonyl (C=O) groups is 1. The first kappa shape index (κ1) is 20.5. The summed E-state index contributed by atoms with van der Waals surface area (Å²) in [6.07, 6.45) is 0. The summed E-state index contributed by atoms with van der Waals surface area (Å²) in [5, 5.41) is -0.00176. The van der Waals surface area contributed by atoms with Gasteiger partial charge in [-0.25, -0.2) is 0 Å². The summed E-state index contributed by atoms with van der Waals surface area (Å²) in [6, 6.07) is 28.1. The fourth-order valence-corrected chi connectivity index (χ4v) is 4.68. The Morgan fingerprint density at radius 1 is 0.900 bits per heavy atom. The van der Waals surface area contributed by atoms with E-state index in [0.29, 0.717) is 13.2 Å². The Morgan fingerprint density at radius 3 is 2.33 bits per heavy atom. The fourth-order valence-electron chi connectivity index (χ4n) is 3.41. The molecule has 1 fully saturated rings. The first-order valence-electron chi connectivity index (χ1n) is 10.1. The van der Waals surface area contributed by atoms with Gasteiger partial charge in [0.05, 0.1) is 6.61 Å². The molecule has 3 aromatic carbocycles. The van der Waals surface area contributed by atoms with Gasteiger partial charge in [-0.1, -0.05) is 72.8 Å². The first-order chi connectivity index (χ1) is 14.8. The van der Waals surface area contributed by atoms with Crippen molar-refractivity contribution in [2.75, 3.05) is 18.9 Å². The topological polar surface area (TPSA) is 38.8 Å². The van der Waals surface area contributed by atoms with Gasteiger partial charge in [0.1, 0.15) is 24.3 Å². The molecule has 0 N–H and O–H groups in total. The molecule has 30 heavy (non-hydrogen) atoms. The third kappa shape index (κ3) is 5.43. The van der Waals surface area contributed by atoms with Crippen molar-refractivity contribution in [2.45, 2.75) is 18.6 Å². The van der Waals surface area contributed by atoms with Gasteiger partial charge in [0.25, 0.3) is 0 Å². The van der Waals surface area contributed by atoms with Gasteiger partial charge in [-0.2, -0.15) is 0 Å². The van der Waals surface area contributed by atoms with Gasteiger partial charge in [0, 0.05) is 12.3 Å². The maximum absolute atomic E-state index is 12.8. The zero-order valence-corrected chi connectivity index (χ0v) is 17.6. The van der Waals surface area contributed by atoms with Crippen molar-refractivity contribution >= 4 is 17.7 Å². The number of nitrogens with zero attached hydrogens (tertiary/aromatic N) is 1. The molecule has 1 saturated heterocycles. The van der Waals surface area contributed by atoms with Crippen LogP contribution in [0.1, 0.15) is 22.1 Å². The molecule has 4 nitrogen and oxygen atoms in total. The summed E-state index contributed by atoms with van der Waals surface area (Å²) in [5.74, 6) is 1.76. The minimum atomic E-state index is -0.00176. The molecule has 0 aromatic heterocycles. The number of ether oxygens (including phenoxy) is 2. The highest BCUT2D eigenvalue weighted by Gasteiger charge is 2.30. The predicted octanol–water partition coefficient (Wildman–Crippen LogP) is 5.06. The van der Waals surface area contributed by atoms with Gasteiger partial charge in [-0.15, -0.1) is 11.8 Å². The monoisotopic (exact) mass is 419 g/mol. The average molecular weight is 420 g/mol. The summed E-state index contributed by atoms with van der Waals surface area (Å²) >= 11 is 1.78. The quantitative estimate of drug-likeness (QED) is 0.512. The minimum absolute atomic E-state index is 0.00176. The molecule has 0 saturated carbocycles. The third-order valence-electron chi connectivity index (χ3n) is 4.94. The Kier molecular flexibility index (Phi) is 7.06. The highest BCUT2D eigenvalue weighted by molar-refractivity contribution is 7.99. The van der Waals surface area contributed by atoms with Gasteiger partial charge in [-0.3, -0.25) is 4.79 Å². The van der Waals surface area contributed by atoms with Gasteiger partial charge < -0.3 is 14.4 Å². The van der Waals surface area contributed by atoms with Crippen LogP contribution in [0.5, 0.6) is 5.75 Å². The molecule has 0 unspecified atom stereocenters. The Labute approximate surface area is 181 Å². The molecule has 154 valence electrons. The molecule has 4 rings (SSSR count). The molecule has 1 heterocycles. The van der Waals surface area contributed by atoms with E-state index in [1.54, 1.807) is 11.8 Å². The number of carbonyl (C=O) groups excluding carboxylic acids is 1. The highest BCUT2D eigenvalue weighted by Crippen LogP contribution is 2.39. The molecule has 1 aliphatic rings. The minimum Gasteiger partial charge on any atom is -0.489 e. The third-order valence-corrected chi connectivity index (χ3v) is 6.20. The molecule has 3 aromatic rings. The Balaban J connectivity index is 1.35. The maximum Gasteiger partial charge on any atom is 0.249 e. The predicted molar refractivity (Wildman–Crippen MR) is 120 cm³/mol. The summed E-state index contributed by atoms with van der Waals surface area (Å²) in [6.45, 7) is 1.80. The lowest BCUT2D eigenvalue weighted by molar-refractivity contribution is -0.136. The number of thioether (sulfide) groups is 1. The van der Waals surface area contributed by atoms with E-state index in [4.69, 9.17) is 9.47 Å². The number of amides is 1. The molecule has 0 radical (unpaired) electrons. The van der Waals surface area contributed by atoms with Crippen LogP contribution in [0.3, 0.4) is 0 Å². The SMILES string of the molecule is O=C(COCc1ccccc1)N1CCS[C@H]1c1cccc(OCc2ccccc2)c1. The van der Waals surface area contributed by atoms with Crippen molar-refractivity contribution in [3.63, 3.8) is 0 Å². The van der Waals surface area contributed by atoms with Crippen molar-refractivity contribution in [1.29, 1.82) is 0 Å². The van der Waals surface area contributed by atoms with Gasteiger partial charge in [0.2, 0.25) is 5.91 Å². The van der Waals surface area contributed by atoms with Crippen LogP contribution >= 0.6 is 11.8 Å². The van der Waals surface area contributed by atoms with Crippen LogP contribution in [0.25, 0.3) is 0 Å². The number of hydrogen-bond acceptors (Lipinski definition) is 4. The molecule has 0 aliphatic carbocycles. The molecule has 5 heteroatoms. The van der Waals surface area contributed by atoms with Crippen LogP contribution in [-0.4, -0.2) is 29.7 Å². The molecule has 1 amide bonds. The van der Waals surface area contributed by atoms with Gasteiger partial charge >= 0.3 is 0 Å². The zero-order chi connectivity index (χ0) is 20.6. The normalized spacial score (nSPS) is 15.9. The molecule has 0 bridgehead atoms. The van der Waals surface area contributed by atoms with Crippen LogP contribution in [0.15, 0.2) is 84.9 Å². The fraction of sp³-hybridized carbons (Fsp3) is 0.240. The molecular formula is C25H25NO3S. The Morgan fingerprint density at radius 2 is 1.60 bits per heavy atom. The summed E-state index contributed by atoms with van der Waals surface area (Å²) in [5.41, 5.74) is 3.28. The van der Waals surface area contributed by atoms with Crippen LogP contribution in [0.2, 0.25) is 0 Å².